The number of amides is 1. The van der Waals surface area contributed by atoms with Crippen molar-refractivity contribution in [3.05, 3.63) is 65.5 Å². The number of rotatable bonds is 6. The fourth-order valence-corrected chi connectivity index (χ4v) is 2.31. The molecule has 0 spiro atoms. The zero-order valence-corrected chi connectivity index (χ0v) is 12.7. The summed E-state index contributed by atoms with van der Waals surface area (Å²) in [5, 5.41) is 2.90. The van der Waals surface area contributed by atoms with E-state index >= 15 is 0 Å². The number of benzene rings is 2. The first-order chi connectivity index (χ1) is 10.5. The van der Waals surface area contributed by atoms with Crippen molar-refractivity contribution in [1.82, 2.24) is 5.32 Å². The fraction of sp³-hybridized carbons (Fsp3) is 0.278. The number of carbonyl (C=O) groups excluding carboxylic acids is 1. The molecule has 0 saturated heterocycles. The maximum atomic E-state index is 13.2. The summed E-state index contributed by atoms with van der Waals surface area (Å²) in [5.74, 6) is -0.299. The van der Waals surface area contributed by atoms with Gasteiger partial charge in [0.2, 0.25) is 5.91 Å². The number of nitrogen functional groups attached to an aromatic ring is 1. The van der Waals surface area contributed by atoms with E-state index in [1.807, 2.05) is 37.3 Å². The van der Waals surface area contributed by atoms with Crippen LogP contribution in [0.4, 0.5) is 10.1 Å². The third-order valence-electron chi connectivity index (χ3n) is 3.62. The Bertz CT molecular complexity index is 625. The average molecular weight is 300 g/mol. The van der Waals surface area contributed by atoms with Gasteiger partial charge in [0, 0.05) is 18.7 Å². The standard InChI is InChI=1S/C18H21FN2O/c1-13(15-3-2-4-16(19)12-15)11-18(22)21-10-9-14-5-7-17(20)8-6-14/h2-8,12-13H,9-11,20H2,1H3,(H,21,22). The second-order valence-corrected chi connectivity index (χ2v) is 5.50. The van der Waals surface area contributed by atoms with E-state index < -0.39 is 0 Å². The Morgan fingerprint density at radius 3 is 2.64 bits per heavy atom. The SMILES string of the molecule is CC(CC(=O)NCCc1ccc(N)cc1)c1cccc(F)c1. The van der Waals surface area contributed by atoms with Crippen molar-refractivity contribution in [2.45, 2.75) is 25.7 Å². The van der Waals surface area contributed by atoms with E-state index in [2.05, 4.69) is 5.32 Å². The second kappa shape index (κ2) is 7.59. The maximum Gasteiger partial charge on any atom is 0.220 e. The van der Waals surface area contributed by atoms with Gasteiger partial charge >= 0.3 is 0 Å². The lowest BCUT2D eigenvalue weighted by molar-refractivity contribution is -0.121. The third-order valence-corrected chi connectivity index (χ3v) is 3.62. The van der Waals surface area contributed by atoms with Crippen LogP contribution >= 0.6 is 0 Å². The summed E-state index contributed by atoms with van der Waals surface area (Å²) >= 11 is 0. The summed E-state index contributed by atoms with van der Waals surface area (Å²) < 4.78 is 13.2. The summed E-state index contributed by atoms with van der Waals surface area (Å²) in [6.45, 7) is 2.51. The smallest absolute Gasteiger partial charge is 0.220 e. The number of hydrogen-bond acceptors (Lipinski definition) is 2. The molecule has 3 N–H and O–H groups in total. The predicted molar refractivity (Wildman–Crippen MR) is 87.0 cm³/mol. The quantitative estimate of drug-likeness (QED) is 0.805. The molecule has 0 radical (unpaired) electrons. The molecule has 0 aromatic heterocycles. The minimum Gasteiger partial charge on any atom is -0.399 e. The summed E-state index contributed by atoms with van der Waals surface area (Å²) in [6.07, 6.45) is 1.12. The summed E-state index contributed by atoms with van der Waals surface area (Å²) in [6, 6.07) is 14.0. The van der Waals surface area contributed by atoms with Gasteiger partial charge in [0.05, 0.1) is 0 Å². The van der Waals surface area contributed by atoms with Crippen LogP contribution in [0.2, 0.25) is 0 Å². The lowest BCUT2D eigenvalue weighted by atomic mass is 9.97. The molecule has 0 aliphatic carbocycles. The molecule has 0 heterocycles. The molecule has 1 unspecified atom stereocenters. The van der Waals surface area contributed by atoms with Crippen molar-refractivity contribution in [2.75, 3.05) is 12.3 Å². The highest BCUT2D eigenvalue weighted by Gasteiger charge is 2.11. The van der Waals surface area contributed by atoms with Crippen LogP contribution in [0, 0.1) is 5.82 Å². The van der Waals surface area contributed by atoms with E-state index in [9.17, 15) is 9.18 Å². The Hall–Kier alpha value is -2.36. The summed E-state index contributed by atoms with van der Waals surface area (Å²) in [5.41, 5.74) is 8.33. The molecule has 0 aliphatic rings. The molecule has 2 aromatic carbocycles. The van der Waals surface area contributed by atoms with Crippen LogP contribution in [-0.4, -0.2) is 12.5 Å². The molecule has 2 rings (SSSR count). The van der Waals surface area contributed by atoms with Crippen LogP contribution in [0.5, 0.6) is 0 Å². The molecule has 4 heteroatoms. The van der Waals surface area contributed by atoms with Gasteiger partial charge in [-0.25, -0.2) is 4.39 Å². The van der Waals surface area contributed by atoms with Gasteiger partial charge < -0.3 is 11.1 Å². The number of anilines is 1. The second-order valence-electron chi connectivity index (χ2n) is 5.50. The Balaban J connectivity index is 1.76. The molecule has 1 atom stereocenters. The van der Waals surface area contributed by atoms with Crippen LogP contribution in [0.15, 0.2) is 48.5 Å². The normalized spacial score (nSPS) is 11.9. The van der Waals surface area contributed by atoms with E-state index in [0.29, 0.717) is 13.0 Å². The van der Waals surface area contributed by atoms with Gasteiger partial charge in [-0.1, -0.05) is 31.2 Å². The Morgan fingerprint density at radius 2 is 1.95 bits per heavy atom. The minimum atomic E-state index is -0.270. The van der Waals surface area contributed by atoms with Gasteiger partial charge in [0.15, 0.2) is 0 Å². The highest BCUT2D eigenvalue weighted by Crippen LogP contribution is 2.19. The highest BCUT2D eigenvalue weighted by atomic mass is 19.1. The van der Waals surface area contributed by atoms with E-state index in [4.69, 9.17) is 5.73 Å². The van der Waals surface area contributed by atoms with E-state index in [1.165, 1.54) is 12.1 Å². The van der Waals surface area contributed by atoms with E-state index in [1.54, 1.807) is 6.07 Å². The molecule has 0 aliphatic heterocycles. The number of halogens is 1. The molecular weight excluding hydrogens is 279 g/mol. The highest BCUT2D eigenvalue weighted by molar-refractivity contribution is 5.76. The zero-order valence-electron chi connectivity index (χ0n) is 12.7. The fourth-order valence-electron chi connectivity index (χ4n) is 2.31. The topological polar surface area (TPSA) is 55.1 Å². The van der Waals surface area contributed by atoms with Gasteiger partial charge in [-0.05, 0) is 47.7 Å². The first kappa shape index (κ1) is 16.0. The number of carbonyl (C=O) groups is 1. The first-order valence-electron chi connectivity index (χ1n) is 7.41. The van der Waals surface area contributed by atoms with Crippen LogP contribution in [0.1, 0.15) is 30.4 Å². The van der Waals surface area contributed by atoms with Crippen molar-refractivity contribution in [3.63, 3.8) is 0 Å². The molecular formula is C18H21FN2O. The van der Waals surface area contributed by atoms with Gasteiger partial charge in [0.25, 0.3) is 0 Å². The average Bonchev–Trinajstić information content (AvgIpc) is 2.49. The minimum absolute atomic E-state index is 0.00720. The van der Waals surface area contributed by atoms with Crippen LogP contribution in [0.25, 0.3) is 0 Å². The van der Waals surface area contributed by atoms with E-state index in [-0.39, 0.29) is 17.6 Å². The molecule has 116 valence electrons. The summed E-state index contributed by atoms with van der Waals surface area (Å²) in [7, 11) is 0. The lowest BCUT2D eigenvalue weighted by Crippen LogP contribution is -2.26. The van der Waals surface area contributed by atoms with Crippen molar-refractivity contribution < 1.29 is 9.18 Å². The monoisotopic (exact) mass is 300 g/mol. The number of hydrogen-bond donors (Lipinski definition) is 2. The molecule has 3 nitrogen and oxygen atoms in total. The zero-order chi connectivity index (χ0) is 15.9. The summed E-state index contributed by atoms with van der Waals surface area (Å²) in [4.78, 5) is 11.9. The van der Waals surface area contributed by atoms with Crippen molar-refractivity contribution in [1.29, 1.82) is 0 Å². The lowest BCUT2D eigenvalue weighted by Gasteiger charge is -2.12. The molecule has 0 fully saturated rings. The van der Waals surface area contributed by atoms with Crippen molar-refractivity contribution in [2.24, 2.45) is 0 Å². The van der Waals surface area contributed by atoms with Gasteiger partial charge in [-0.3, -0.25) is 4.79 Å². The predicted octanol–water partition coefficient (Wildman–Crippen LogP) is 3.26. The maximum absolute atomic E-state index is 13.2. The molecule has 0 bridgehead atoms. The van der Waals surface area contributed by atoms with Gasteiger partial charge in [-0.2, -0.15) is 0 Å². The Labute approximate surface area is 130 Å². The van der Waals surface area contributed by atoms with Crippen LogP contribution < -0.4 is 11.1 Å². The van der Waals surface area contributed by atoms with Gasteiger partial charge in [0.1, 0.15) is 5.82 Å². The molecule has 22 heavy (non-hydrogen) atoms. The largest absolute Gasteiger partial charge is 0.399 e. The third kappa shape index (κ3) is 4.88. The molecule has 1 amide bonds. The first-order valence-corrected chi connectivity index (χ1v) is 7.41. The Kier molecular flexibility index (Phi) is 5.53. The number of nitrogens with two attached hydrogens (primary N) is 1. The molecule has 2 aromatic rings. The Morgan fingerprint density at radius 1 is 1.23 bits per heavy atom. The number of nitrogens with one attached hydrogen (secondary N) is 1. The van der Waals surface area contributed by atoms with Crippen LogP contribution in [0.3, 0.4) is 0 Å². The van der Waals surface area contributed by atoms with Gasteiger partial charge in [-0.15, -0.1) is 0 Å². The van der Waals surface area contributed by atoms with Crippen LogP contribution in [-0.2, 0) is 11.2 Å². The van der Waals surface area contributed by atoms with Crippen molar-refractivity contribution in [3.8, 4) is 0 Å². The van der Waals surface area contributed by atoms with E-state index in [0.717, 1.165) is 23.2 Å². The molecule has 0 saturated carbocycles. The van der Waals surface area contributed by atoms with Crippen molar-refractivity contribution >= 4 is 11.6 Å².